The Morgan fingerprint density at radius 1 is 0.974 bits per heavy atom. The molecule has 0 radical (unpaired) electrons. The van der Waals surface area contributed by atoms with Gasteiger partial charge < -0.3 is 19.4 Å². The fourth-order valence-corrected chi connectivity index (χ4v) is 6.57. The highest BCUT2D eigenvalue weighted by Gasteiger charge is 2.50. The third-order valence-electron chi connectivity index (χ3n) is 8.90. The van der Waals surface area contributed by atoms with E-state index in [1.54, 1.807) is 0 Å². The van der Waals surface area contributed by atoms with E-state index >= 15 is 0 Å². The van der Waals surface area contributed by atoms with Gasteiger partial charge in [-0.15, -0.1) is 0 Å². The van der Waals surface area contributed by atoms with Gasteiger partial charge in [-0.3, -0.25) is 14.5 Å². The SMILES string of the molecule is CC.CCC(CN(C)CC(=O)N(C)C1CC1)C1CCC2C(C1)N(C(=O)OC(C)C)C[C@H](C)N2C(=O)C1CC1. The summed E-state index contributed by atoms with van der Waals surface area (Å²) in [5, 5.41) is 0. The van der Waals surface area contributed by atoms with Crippen LogP contribution in [0.15, 0.2) is 0 Å². The first kappa shape index (κ1) is 30.7. The third-order valence-corrected chi connectivity index (χ3v) is 8.90. The number of hydrogen-bond acceptors (Lipinski definition) is 5. The Balaban J connectivity index is 0.00000195. The first-order chi connectivity index (χ1) is 18.1. The molecule has 0 spiro atoms. The Kier molecular flexibility index (Phi) is 10.9. The van der Waals surface area contributed by atoms with Gasteiger partial charge in [-0.2, -0.15) is 0 Å². The highest BCUT2D eigenvalue weighted by atomic mass is 16.6. The summed E-state index contributed by atoms with van der Waals surface area (Å²) in [7, 11) is 3.98. The van der Waals surface area contributed by atoms with Gasteiger partial charge in [-0.05, 0) is 84.6 Å². The molecule has 4 aliphatic rings. The molecule has 1 aliphatic heterocycles. The number of nitrogens with zero attached hydrogens (tertiary/aromatic N) is 4. The lowest BCUT2D eigenvalue weighted by atomic mass is 9.72. The van der Waals surface area contributed by atoms with Gasteiger partial charge in [-0.25, -0.2) is 4.79 Å². The molecule has 218 valence electrons. The predicted octanol–water partition coefficient (Wildman–Crippen LogP) is 4.62. The van der Waals surface area contributed by atoms with E-state index in [9.17, 15) is 14.4 Å². The lowest BCUT2D eigenvalue weighted by molar-refractivity contribution is -0.146. The fraction of sp³-hybridized carbons (Fsp3) is 0.900. The van der Waals surface area contributed by atoms with E-state index in [0.29, 0.717) is 31.0 Å². The second-order valence-corrected chi connectivity index (χ2v) is 12.3. The number of ether oxygens (including phenoxy) is 1. The normalized spacial score (nSPS) is 27.8. The highest BCUT2D eigenvalue weighted by Crippen LogP contribution is 2.42. The standard InChI is InChI=1S/C28H48N4O4.C2H6/c1-7-20(16-29(5)17-26(33)30(6)23-11-12-23)22-10-13-24-25(14-22)31(28(35)36-18(2)3)15-19(4)32(24)27(34)21-8-9-21;1-2/h18-25H,7-17H2,1-6H3;1-2H3/t19-,20?,22?,24?,25?;/m0./s1. The molecule has 3 aliphatic carbocycles. The number of piperazine rings is 1. The van der Waals surface area contributed by atoms with E-state index in [1.807, 2.05) is 44.5 Å². The van der Waals surface area contributed by atoms with Crippen molar-refractivity contribution in [1.29, 1.82) is 0 Å². The molecule has 0 N–H and O–H groups in total. The van der Waals surface area contributed by atoms with Crippen LogP contribution in [0.25, 0.3) is 0 Å². The Labute approximate surface area is 231 Å². The molecule has 38 heavy (non-hydrogen) atoms. The third kappa shape index (κ3) is 7.42. The van der Waals surface area contributed by atoms with Crippen LogP contribution in [0.5, 0.6) is 0 Å². The highest BCUT2D eigenvalue weighted by molar-refractivity contribution is 5.82. The molecule has 8 nitrogen and oxygen atoms in total. The van der Waals surface area contributed by atoms with Crippen LogP contribution >= 0.6 is 0 Å². The van der Waals surface area contributed by atoms with Crippen molar-refractivity contribution < 1.29 is 19.1 Å². The van der Waals surface area contributed by atoms with Crippen LogP contribution in [0.2, 0.25) is 0 Å². The molecule has 3 saturated carbocycles. The van der Waals surface area contributed by atoms with Crippen molar-refractivity contribution in [2.24, 2.45) is 17.8 Å². The summed E-state index contributed by atoms with van der Waals surface area (Å²) in [5.41, 5.74) is 0. The van der Waals surface area contributed by atoms with Crippen LogP contribution in [0.1, 0.15) is 92.9 Å². The monoisotopic (exact) mass is 534 g/mol. The quantitative estimate of drug-likeness (QED) is 0.432. The zero-order valence-corrected chi connectivity index (χ0v) is 25.3. The Morgan fingerprint density at radius 3 is 2.18 bits per heavy atom. The van der Waals surface area contributed by atoms with Gasteiger partial charge in [0.15, 0.2) is 0 Å². The lowest BCUT2D eigenvalue weighted by Gasteiger charge is -2.54. The van der Waals surface area contributed by atoms with Gasteiger partial charge in [0, 0.05) is 38.1 Å². The summed E-state index contributed by atoms with van der Waals surface area (Å²) in [6, 6.07) is 0.519. The van der Waals surface area contributed by atoms with Crippen molar-refractivity contribution in [3.8, 4) is 0 Å². The number of likely N-dealkylation sites (N-methyl/N-ethyl adjacent to an activating group) is 2. The fourth-order valence-electron chi connectivity index (χ4n) is 6.57. The number of amides is 3. The zero-order chi connectivity index (χ0) is 28.1. The van der Waals surface area contributed by atoms with Crippen LogP contribution in [0.4, 0.5) is 4.79 Å². The summed E-state index contributed by atoms with van der Waals surface area (Å²) in [6.07, 6.45) is 7.75. The molecule has 1 saturated heterocycles. The molecule has 3 amide bonds. The van der Waals surface area contributed by atoms with E-state index in [0.717, 1.165) is 57.9 Å². The van der Waals surface area contributed by atoms with Crippen LogP contribution in [0, 0.1) is 17.8 Å². The maximum absolute atomic E-state index is 13.3. The largest absolute Gasteiger partial charge is 0.447 e. The number of carbonyl (C=O) groups excluding carboxylic acids is 3. The van der Waals surface area contributed by atoms with E-state index < -0.39 is 0 Å². The predicted molar refractivity (Wildman–Crippen MR) is 151 cm³/mol. The molecule has 4 fully saturated rings. The minimum Gasteiger partial charge on any atom is -0.447 e. The summed E-state index contributed by atoms with van der Waals surface area (Å²) < 4.78 is 5.65. The van der Waals surface area contributed by atoms with Crippen molar-refractivity contribution in [3.05, 3.63) is 0 Å². The molecule has 0 aromatic carbocycles. The van der Waals surface area contributed by atoms with Crippen molar-refractivity contribution in [2.75, 3.05) is 33.7 Å². The summed E-state index contributed by atoms with van der Waals surface area (Å²) in [6.45, 7) is 14.0. The van der Waals surface area contributed by atoms with E-state index in [1.165, 1.54) is 0 Å². The minimum absolute atomic E-state index is 0.00381. The van der Waals surface area contributed by atoms with Crippen LogP contribution in [0.3, 0.4) is 0 Å². The number of hydrogen-bond donors (Lipinski definition) is 0. The Hall–Kier alpha value is -1.83. The first-order valence-electron chi connectivity index (χ1n) is 15.3. The number of rotatable bonds is 9. The molecular weight excluding hydrogens is 480 g/mol. The second-order valence-electron chi connectivity index (χ2n) is 12.3. The minimum atomic E-state index is -0.245. The molecule has 4 unspecified atom stereocenters. The van der Waals surface area contributed by atoms with Crippen LogP contribution in [-0.4, -0.2) is 102 Å². The van der Waals surface area contributed by atoms with Crippen molar-refractivity contribution in [3.63, 3.8) is 0 Å². The molecular formula is C30H54N4O4. The topological polar surface area (TPSA) is 73.4 Å². The Bertz CT molecular complexity index is 812. The molecule has 0 aromatic heterocycles. The summed E-state index contributed by atoms with van der Waals surface area (Å²) in [5.74, 6) is 1.58. The van der Waals surface area contributed by atoms with Crippen molar-refractivity contribution >= 4 is 17.9 Å². The summed E-state index contributed by atoms with van der Waals surface area (Å²) in [4.78, 5) is 47.2. The van der Waals surface area contributed by atoms with Crippen molar-refractivity contribution in [1.82, 2.24) is 19.6 Å². The van der Waals surface area contributed by atoms with Gasteiger partial charge in [0.2, 0.25) is 11.8 Å². The summed E-state index contributed by atoms with van der Waals surface area (Å²) >= 11 is 0. The molecule has 5 atom stereocenters. The zero-order valence-electron chi connectivity index (χ0n) is 25.3. The molecule has 8 heteroatoms. The molecule has 4 rings (SSSR count). The molecule has 1 heterocycles. The molecule has 0 bridgehead atoms. The Morgan fingerprint density at radius 2 is 1.63 bits per heavy atom. The van der Waals surface area contributed by atoms with Crippen LogP contribution in [-0.2, 0) is 14.3 Å². The molecule has 0 aromatic rings. The van der Waals surface area contributed by atoms with Gasteiger partial charge in [0.05, 0.1) is 24.7 Å². The number of carbonyl (C=O) groups is 3. The first-order valence-corrected chi connectivity index (χ1v) is 15.3. The average molecular weight is 535 g/mol. The van der Waals surface area contributed by atoms with Crippen LogP contribution < -0.4 is 0 Å². The average Bonchev–Trinajstić information content (AvgIpc) is 3.79. The maximum Gasteiger partial charge on any atom is 0.410 e. The van der Waals surface area contributed by atoms with E-state index in [2.05, 4.69) is 30.7 Å². The second kappa shape index (κ2) is 13.5. The van der Waals surface area contributed by atoms with Gasteiger partial charge in [-0.1, -0.05) is 27.2 Å². The van der Waals surface area contributed by atoms with Gasteiger partial charge in [0.25, 0.3) is 0 Å². The van der Waals surface area contributed by atoms with Gasteiger partial charge in [0.1, 0.15) is 0 Å². The number of fused-ring (bicyclic) bond motifs is 1. The van der Waals surface area contributed by atoms with E-state index in [-0.39, 0.29) is 48.1 Å². The van der Waals surface area contributed by atoms with Crippen molar-refractivity contribution in [2.45, 2.75) is 123 Å². The lowest BCUT2D eigenvalue weighted by Crippen LogP contribution is -2.67. The smallest absolute Gasteiger partial charge is 0.410 e. The van der Waals surface area contributed by atoms with E-state index in [4.69, 9.17) is 4.74 Å². The van der Waals surface area contributed by atoms with Gasteiger partial charge >= 0.3 is 6.09 Å². The maximum atomic E-state index is 13.3.